The van der Waals surface area contributed by atoms with Crippen LogP contribution in [0.2, 0.25) is 0 Å². The van der Waals surface area contributed by atoms with Crippen molar-refractivity contribution in [2.45, 2.75) is 148 Å². The molecule has 1 aromatic rings. The Morgan fingerprint density at radius 2 is 0.781 bits per heavy atom. The Bertz CT molecular complexity index is 482. The van der Waals surface area contributed by atoms with Crippen LogP contribution in [0.25, 0.3) is 0 Å². The summed E-state index contributed by atoms with van der Waals surface area (Å²) in [5.74, 6) is 1.15. The van der Waals surface area contributed by atoms with Gasteiger partial charge in [0, 0.05) is 0 Å². The molecule has 0 aliphatic heterocycles. The number of aromatic hydroxyl groups is 1. The Hall–Kier alpha value is -1.18. The summed E-state index contributed by atoms with van der Waals surface area (Å²) in [6.07, 6.45) is 31.2. The van der Waals surface area contributed by atoms with E-state index in [1.807, 2.05) is 12.1 Å². The van der Waals surface area contributed by atoms with Gasteiger partial charge in [-0.1, -0.05) is 142 Å². The van der Waals surface area contributed by atoms with Crippen LogP contribution in [-0.4, -0.2) is 11.7 Å². The van der Waals surface area contributed by atoms with Gasteiger partial charge in [0.05, 0.1) is 6.61 Å². The van der Waals surface area contributed by atoms with Crippen molar-refractivity contribution in [3.8, 4) is 11.5 Å². The lowest BCUT2D eigenvalue weighted by Crippen LogP contribution is -1.96. The molecular formula is C30H54O2. The minimum absolute atomic E-state index is 0.293. The maximum Gasteiger partial charge on any atom is 0.119 e. The molecule has 0 amide bonds. The molecule has 2 heteroatoms. The van der Waals surface area contributed by atoms with Gasteiger partial charge in [0.1, 0.15) is 11.5 Å². The van der Waals surface area contributed by atoms with Gasteiger partial charge in [-0.3, -0.25) is 0 Å². The number of hydrogen-bond donors (Lipinski definition) is 1. The second-order valence-electron chi connectivity index (χ2n) is 9.77. The molecule has 1 rings (SSSR count). The average Bonchev–Trinajstić information content (AvgIpc) is 2.81. The first-order chi connectivity index (χ1) is 15.8. The van der Waals surface area contributed by atoms with Gasteiger partial charge in [-0.05, 0) is 30.7 Å². The number of benzene rings is 1. The lowest BCUT2D eigenvalue weighted by molar-refractivity contribution is 0.303. The van der Waals surface area contributed by atoms with E-state index in [1.165, 1.54) is 135 Å². The van der Waals surface area contributed by atoms with Crippen molar-refractivity contribution in [3.05, 3.63) is 24.3 Å². The van der Waals surface area contributed by atoms with Crippen molar-refractivity contribution >= 4 is 0 Å². The van der Waals surface area contributed by atoms with Gasteiger partial charge < -0.3 is 9.84 Å². The van der Waals surface area contributed by atoms with Crippen LogP contribution in [0.5, 0.6) is 11.5 Å². The number of unbranched alkanes of at least 4 members (excludes halogenated alkanes) is 21. The van der Waals surface area contributed by atoms with Crippen LogP contribution < -0.4 is 4.74 Å². The first kappa shape index (κ1) is 28.9. The molecule has 0 bridgehead atoms. The fourth-order valence-electron chi connectivity index (χ4n) is 4.44. The molecule has 0 fully saturated rings. The minimum atomic E-state index is 0.293. The molecule has 0 saturated carbocycles. The highest BCUT2D eigenvalue weighted by molar-refractivity contribution is 5.29. The molecule has 0 aliphatic rings. The summed E-state index contributed by atoms with van der Waals surface area (Å²) in [6, 6.07) is 7.00. The van der Waals surface area contributed by atoms with Crippen LogP contribution in [0.15, 0.2) is 24.3 Å². The van der Waals surface area contributed by atoms with Gasteiger partial charge >= 0.3 is 0 Å². The molecular weight excluding hydrogens is 392 g/mol. The van der Waals surface area contributed by atoms with Gasteiger partial charge in [-0.15, -0.1) is 0 Å². The summed E-state index contributed by atoms with van der Waals surface area (Å²) >= 11 is 0. The van der Waals surface area contributed by atoms with Crippen molar-refractivity contribution in [3.63, 3.8) is 0 Å². The third-order valence-corrected chi connectivity index (χ3v) is 6.60. The molecule has 1 N–H and O–H groups in total. The summed E-state index contributed by atoms with van der Waals surface area (Å²) in [5, 5.41) is 9.26. The van der Waals surface area contributed by atoms with E-state index < -0.39 is 0 Å². The molecule has 0 saturated heterocycles. The van der Waals surface area contributed by atoms with Crippen molar-refractivity contribution in [2.75, 3.05) is 6.61 Å². The standard InChI is InChI=1S/C30H54O2/c1-2-3-4-5-6-7-8-9-10-11-12-13-14-15-16-17-18-19-20-21-22-23-28-32-30-26-24-29(31)25-27-30/h24-27,31H,2-23,28H2,1H3. The van der Waals surface area contributed by atoms with Gasteiger partial charge in [-0.25, -0.2) is 0 Å². The molecule has 2 nitrogen and oxygen atoms in total. The first-order valence-electron chi connectivity index (χ1n) is 14.2. The summed E-state index contributed by atoms with van der Waals surface area (Å²) in [7, 11) is 0. The first-order valence-corrected chi connectivity index (χ1v) is 14.2. The summed E-state index contributed by atoms with van der Waals surface area (Å²) in [4.78, 5) is 0. The maximum atomic E-state index is 9.26. The van der Waals surface area contributed by atoms with E-state index in [1.54, 1.807) is 12.1 Å². The topological polar surface area (TPSA) is 29.5 Å². The van der Waals surface area contributed by atoms with E-state index >= 15 is 0 Å². The van der Waals surface area contributed by atoms with E-state index in [0.29, 0.717) is 5.75 Å². The molecule has 32 heavy (non-hydrogen) atoms. The third-order valence-electron chi connectivity index (χ3n) is 6.60. The fraction of sp³-hybridized carbons (Fsp3) is 0.800. The van der Waals surface area contributed by atoms with E-state index in [-0.39, 0.29) is 0 Å². The Morgan fingerprint density at radius 3 is 1.12 bits per heavy atom. The number of phenolic OH excluding ortho intramolecular Hbond substituents is 1. The lowest BCUT2D eigenvalue weighted by atomic mass is 10.0. The van der Waals surface area contributed by atoms with Gasteiger partial charge in [-0.2, -0.15) is 0 Å². The summed E-state index contributed by atoms with van der Waals surface area (Å²) in [5.41, 5.74) is 0. The highest BCUT2D eigenvalue weighted by Gasteiger charge is 1.97. The Labute approximate surface area is 200 Å². The van der Waals surface area contributed by atoms with Crippen LogP contribution >= 0.6 is 0 Å². The maximum absolute atomic E-state index is 9.26. The SMILES string of the molecule is CCCCCCCCCCCCCCCCCCCCCCCCOc1ccc(O)cc1. The molecule has 0 aromatic heterocycles. The van der Waals surface area contributed by atoms with E-state index in [0.717, 1.165) is 18.8 Å². The second-order valence-corrected chi connectivity index (χ2v) is 9.77. The molecule has 0 unspecified atom stereocenters. The quantitative estimate of drug-likeness (QED) is 0.160. The molecule has 0 spiro atoms. The van der Waals surface area contributed by atoms with Crippen molar-refractivity contribution in [1.82, 2.24) is 0 Å². The van der Waals surface area contributed by atoms with E-state index in [4.69, 9.17) is 4.74 Å². The molecule has 1 aromatic carbocycles. The van der Waals surface area contributed by atoms with Gasteiger partial charge in [0.2, 0.25) is 0 Å². The number of phenols is 1. The van der Waals surface area contributed by atoms with E-state index in [2.05, 4.69) is 6.92 Å². The van der Waals surface area contributed by atoms with Crippen molar-refractivity contribution < 1.29 is 9.84 Å². The summed E-state index contributed by atoms with van der Waals surface area (Å²) < 4.78 is 5.69. The zero-order chi connectivity index (χ0) is 23.0. The minimum Gasteiger partial charge on any atom is -0.508 e. The number of ether oxygens (including phenoxy) is 1. The Kier molecular flexibility index (Phi) is 20.7. The highest BCUT2D eigenvalue weighted by Crippen LogP contribution is 2.17. The number of rotatable bonds is 24. The van der Waals surface area contributed by atoms with Crippen LogP contribution in [0.3, 0.4) is 0 Å². The van der Waals surface area contributed by atoms with Crippen LogP contribution in [-0.2, 0) is 0 Å². The normalized spacial score (nSPS) is 11.2. The van der Waals surface area contributed by atoms with E-state index in [9.17, 15) is 5.11 Å². The second kappa shape index (κ2) is 23.0. The predicted octanol–water partition coefficient (Wildman–Crippen LogP) is 10.4. The molecule has 186 valence electrons. The van der Waals surface area contributed by atoms with Crippen LogP contribution in [0.4, 0.5) is 0 Å². The zero-order valence-electron chi connectivity index (χ0n) is 21.4. The Morgan fingerprint density at radius 1 is 0.469 bits per heavy atom. The largest absolute Gasteiger partial charge is 0.508 e. The van der Waals surface area contributed by atoms with Crippen molar-refractivity contribution in [1.29, 1.82) is 0 Å². The molecule has 0 aliphatic carbocycles. The molecule has 0 atom stereocenters. The zero-order valence-corrected chi connectivity index (χ0v) is 21.4. The average molecular weight is 447 g/mol. The van der Waals surface area contributed by atoms with Gasteiger partial charge in [0.25, 0.3) is 0 Å². The highest BCUT2D eigenvalue weighted by atomic mass is 16.5. The lowest BCUT2D eigenvalue weighted by Gasteiger charge is -2.06. The van der Waals surface area contributed by atoms with Crippen LogP contribution in [0, 0.1) is 0 Å². The van der Waals surface area contributed by atoms with Crippen molar-refractivity contribution in [2.24, 2.45) is 0 Å². The van der Waals surface area contributed by atoms with Gasteiger partial charge in [0.15, 0.2) is 0 Å². The molecule has 0 heterocycles. The predicted molar refractivity (Wildman–Crippen MR) is 141 cm³/mol. The third kappa shape index (κ3) is 19.5. The fourth-order valence-corrected chi connectivity index (χ4v) is 4.44. The van der Waals surface area contributed by atoms with Crippen LogP contribution in [0.1, 0.15) is 148 Å². The number of hydrogen-bond acceptors (Lipinski definition) is 2. The summed E-state index contributed by atoms with van der Waals surface area (Å²) in [6.45, 7) is 3.08. The molecule has 0 radical (unpaired) electrons. The smallest absolute Gasteiger partial charge is 0.119 e. The monoisotopic (exact) mass is 446 g/mol. The Balaban J connectivity index is 1.67.